The van der Waals surface area contributed by atoms with Crippen LogP contribution in [-0.4, -0.2) is 37.5 Å². The summed E-state index contributed by atoms with van der Waals surface area (Å²) < 4.78 is 38.6. The third-order valence-corrected chi connectivity index (χ3v) is 4.28. The summed E-state index contributed by atoms with van der Waals surface area (Å²) in [6, 6.07) is 3.61. The van der Waals surface area contributed by atoms with Gasteiger partial charge in [0.2, 0.25) is 0 Å². The SMILES string of the molecule is CNCC1CCN(C(=O)c2ccc(Br)c(C(F)(F)F)c2)C1. The fourth-order valence-electron chi connectivity index (χ4n) is 2.53. The second kappa shape index (κ2) is 6.36. The van der Waals surface area contributed by atoms with Crippen molar-refractivity contribution in [1.82, 2.24) is 10.2 Å². The second-order valence-corrected chi connectivity index (χ2v) is 6.01. The molecule has 3 nitrogen and oxygen atoms in total. The number of hydrogen-bond acceptors (Lipinski definition) is 2. The number of alkyl halides is 3. The van der Waals surface area contributed by atoms with E-state index in [0.29, 0.717) is 19.0 Å². The molecule has 0 aliphatic carbocycles. The van der Waals surface area contributed by atoms with Crippen LogP contribution in [0.5, 0.6) is 0 Å². The van der Waals surface area contributed by atoms with Gasteiger partial charge in [0.1, 0.15) is 0 Å². The van der Waals surface area contributed by atoms with Crippen LogP contribution in [0.15, 0.2) is 22.7 Å². The van der Waals surface area contributed by atoms with Crippen LogP contribution in [0.2, 0.25) is 0 Å². The average Bonchev–Trinajstić information content (AvgIpc) is 2.86. The van der Waals surface area contributed by atoms with E-state index in [2.05, 4.69) is 21.2 Å². The van der Waals surface area contributed by atoms with E-state index < -0.39 is 11.7 Å². The minimum atomic E-state index is -4.48. The maximum Gasteiger partial charge on any atom is 0.417 e. The van der Waals surface area contributed by atoms with Gasteiger partial charge in [0, 0.05) is 23.1 Å². The van der Waals surface area contributed by atoms with Crippen molar-refractivity contribution in [2.75, 3.05) is 26.7 Å². The van der Waals surface area contributed by atoms with Crippen LogP contribution >= 0.6 is 15.9 Å². The lowest BCUT2D eigenvalue weighted by molar-refractivity contribution is -0.138. The first-order valence-corrected chi connectivity index (χ1v) is 7.43. The quantitative estimate of drug-likeness (QED) is 0.893. The zero-order valence-electron chi connectivity index (χ0n) is 11.5. The molecule has 1 amide bonds. The van der Waals surface area contributed by atoms with Crippen LogP contribution in [0.3, 0.4) is 0 Å². The van der Waals surface area contributed by atoms with Gasteiger partial charge in [-0.2, -0.15) is 13.2 Å². The molecule has 21 heavy (non-hydrogen) atoms. The molecule has 1 N–H and O–H groups in total. The Kier molecular flexibility index (Phi) is 4.93. The number of carbonyl (C=O) groups excluding carboxylic acids is 1. The van der Waals surface area contributed by atoms with Gasteiger partial charge in [0.25, 0.3) is 5.91 Å². The van der Waals surface area contributed by atoms with Gasteiger partial charge in [-0.1, -0.05) is 15.9 Å². The van der Waals surface area contributed by atoms with Crippen molar-refractivity contribution >= 4 is 21.8 Å². The van der Waals surface area contributed by atoms with E-state index in [0.717, 1.165) is 19.0 Å². The molecule has 1 heterocycles. The Morgan fingerprint density at radius 1 is 1.48 bits per heavy atom. The van der Waals surface area contributed by atoms with Crippen LogP contribution in [0.1, 0.15) is 22.3 Å². The standard InChI is InChI=1S/C14H16BrF3N2O/c1-19-7-9-4-5-20(8-9)13(21)10-2-3-12(15)11(6-10)14(16,17)18/h2-3,6,9,19H,4-5,7-8H2,1H3. The number of rotatable bonds is 3. The zero-order chi connectivity index (χ0) is 15.6. The Morgan fingerprint density at radius 3 is 2.81 bits per heavy atom. The number of carbonyl (C=O) groups is 1. The van der Waals surface area contributed by atoms with Crippen molar-refractivity contribution in [2.24, 2.45) is 5.92 Å². The monoisotopic (exact) mass is 364 g/mol. The molecule has 1 aromatic rings. The molecule has 0 spiro atoms. The van der Waals surface area contributed by atoms with Crippen LogP contribution in [0.4, 0.5) is 13.2 Å². The Bertz CT molecular complexity index is 533. The summed E-state index contributed by atoms with van der Waals surface area (Å²) in [5, 5.41) is 3.05. The summed E-state index contributed by atoms with van der Waals surface area (Å²) in [6.45, 7) is 1.97. The molecule has 1 aliphatic rings. The molecular formula is C14H16BrF3N2O. The maximum absolute atomic E-state index is 12.9. The number of amides is 1. The van der Waals surface area contributed by atoms with Gasteiger partial charge in [-0.15, -0.1) is 0 Å². The summed E-state index contributed by atoms with van der Waals surface area (Å²) in [4.78, 5) is 13.9. The van der Waals surface area contributed by atoms with Crippen molar-refractivity contribution in [1.29, 1.82) is 0 Å². The molecule has 1 saturated heterocycles. The van der Waals surface area contributed by atoms with E-state index in [4.69, 9.17) is 0 Å². The maximum atomic E-state index is 12.9. The minimum absolute atomic E-state index is 0.0546. The van der Waals surface area contributed by atoms with Gasteiger partial charge in [0.15, 0.2) is 0 Å². The fourth-order valence-corrected chi connectivity index (χ4v) is 3.00. The minimum Gasteiger partial charge on any atom is -0.338 e. The largest absolute Gasteiger partial charge is 0.417 e. The van der Waals surface area contributed by atoms with E-state index in [-0.39, 0.29) is 15.9 Å². The molecule has 0 saturated carbocycles. The molecule has 0 aromatic heterocycles. The molecule has 1 unspecified atom stereocenters. The highest BCUT2D eigenvalue weighted by Gasteiger charge is 2.34. The van der Waals surface area contributed by atoms with E-state index in [1.165, 1.54) is 12.1 Å². The molecular weight excluding hydrogens is 349 g/mol. The zero-order valence-corrected chi connectivity index (χ0v) is 13.1. The number of nitrogens with zero attached hydrogens (tertiary/aromatic N) is 1. The molecule has 0 bridgehead atoms. The van der Waals surface area contributed by atoms with Crippen molar-refractivity contribution in [3.63, 3.8) is 0 Å². The Labute approximate surface area is 129 Å². The summed E-state index contributed by atoms with van der Waals surface area (Å²) in [5.41, 5.74) is -0.741. The summed E-state index contributed by atoms with van der Waals surface area (Å²) in [7, 11) is 1.84. The van der Waals surface area contributed by atoms with Gasteiger partial charge in [0.05, 0.1) is 5.56 Å². The highest BCUT2D eigenvalue weighted by atomic mass is 79.9. The van der Waals surface area contributed by atoms with Crippen LogP contribution < -0.4 is 5.32 Å². The predicted octanol–water partition coefficient (Wildman–Crippen LogP) is 3.15. The third-order valence-electron chi connectivity index (χ3n) is 3.58. The van der Waals surface area contributed by atoms with Gasteiger partial charge < -0.3 is 10.2 Å². The third kappa shape index (κ3) is 3.77. The lowest BCUT2D eigenvalue weighted by Gasteiger charge is -2.18. The normalized spacial score (nSPS) is 19.1. The Hall–Kier alpha value is -1.08. The highest BCUT2D eigenvalue weighted by Crippen LogP contribution is 2.35. The average molecular weight is 365 g/mol. The lowest BCUT2D eigenvalue weighted by Crippen LogP contribution is -2.30. The second-order valence-electron chi connectivity index (χ2n) is 5.16. The first kappa shape index (κ1) is 16.3. The van der Waals surface area contributed by atoms with Crippen molar-refractivity contribution in [2.45, 2.75) is 12.6 Å². The topological polar surface area (TPSA) is 32.3 Å². The molecule has 0 radical (unpaired) electrons. The summed E-state index contributed by atoms with van der Waals surface area (Å²) in [6.07, 6.45) is -3.61. The molecule has 116 valence electrons. The molecule has 2 rings (SSSR count). The number of benzene rings is 1. The lowest BCUT2D eigenvalue weighted by atomic mass is 10.1. The van der Waals surface area contributed by atoms with Crippen LogP contribution in [0, 0.1) is 5.92 Å². The smallest absolute Gasteiger partial charge is 0.338 e. The number of likely N-dealkylation sites (tertiary alicyclic amines) is 1. The summed E-state index contributed by atoms with van der Waals surface area (Å²) in [5.74, 6) is 0.0167. The molecule has 1 aromatic carbocycles. The number of hydrogen-bond donors (Lipinski definition) is 1. The molecule has 7 heteroatoms. The van der Waals surface area contributed by atoms with Gasteiger partial charge in [-0.3, -0.25) is 4.79 Å². The summed E-state index contributed by atoms with van der Waals surface area (Å²) >= 11 is 2.88. The first-order valence-electron chi connectivity index (χ1n) is 6.63. The fraction of sp³-hybridized carbons (Fsp3) is 0.500. The number of nitrogens with one attached hydrogen (secondary N) is 1. The van der Waals surface area contributed by atoms with Gasteiger partial charge in [-0.25, -0.2) is 0 Å². The Morgan fingerprint density at radius 2 is 2.19 bits per heavy atom. The van der Waals surface area contributed by atoms with Crippen molar-refractivity contribution in [3.8, 4) is 0 Å². The van der Waals surface area contributed by atoms with Crippen LogP contribution in [0.25, 0.3) is 0 Å². The predicted molar refractivity (Wildman–Crippen MR) is 77.1 cm³/mol. The van der Waals surface area contributed by atoms with Crippen LogP contribution in [-0.2, 0) is 6.18 Å². The Balaban J connectivity index is 2.17. The van der Waals surface area contributed by atoms with Gasteiger partial charge >= 0.3 is 6.18 Å². The molecule has 1 atom stereocenters. The highest BCUT2D eigenvalue weighted by molar-refractivity contribution is 9.10. The van der Waals surface area contributed by atoms with E-state index in [9.17, 15) is 18.0 Å². The molecule has 1 fully saturated rings. The van der Waals surface area contributed by atoms with Gasteiger partial charge in [-0.05, 0) is 44.1 Å². The molecule has 1 aliphatic heterocycles. The number of halogens is 4. The first-order chi connectivity index (χ1) is 9.82. The van der Waals surface area contributed by atoms with E-state index in [1.54, 1.807) is 4.90 Å². The van der Waals surface area contributed by atoms with E-state index in [1.807, 2.05) is 7.05 Å². The van der Waals surface area contributed by atoms with E-state index >= 15 is 0 Å². The van der Waals surface area contributed by atoms with Crippen molar-refractivity contribution < 1.29 is 18.0 Å². The van der Waals surface area contributed by atoms with Crippen molar-refractivity contribution in [3.05, 3.63) is 33.8 Å².